The Morgan fingerprint density at radius 3 is 2.55 bits per heavy atom. The van der Waals surface area contributed by atoms with Gasteiger partial charge >= 0.3 is 5.97 Å². The van der Waals surface area contributed by atoms with Crippen LogP contribution < -0.4 is 20.2 Å². The molecule has 0 aliphatic rings. The highest BCUT2D eigenvalue weighted by Crippen LogP contribution is 2.33. The van der Waals surface area contributed by atoms with E-state index >= 15 is 0 Å². The zero-order chi connectivity index (χ0) is 28.5. The summed E-state index contributed by atoms with van der Waals surface area (Å²) in [5.74, 6) is 0.0430. The van der Waals surface area contributed by atoms with E-state index in [2.05, 4.69) is 43.4 Å². The number of ether oxygens (including phenoxy) is 3. The number of nitrogens with one attached hydrogen (secondary N) is 2. The number of aromatic nitrogens is 1. The minimum absolute atomic E-state index is 0.226. The number of hydrazone groups is 1. The van der Waals surface area contributed by atoms with Crippen molar-refractivity contribution in [2.45, 2.75) is 13.8 Å². The van der Waals surface area contributed by atoms with Gasteiger partial charge in [0.1, 0.15) is 0 Å². The number of hydrogen-bond acceptors (Lipinski definition) is 9. The number of amides is 1. The molecule has 40 heavy (non-hydrogen) atoms. The van der Waals surface area contributed by atoms with E-state index in [0.717, 1.165) is 22.1 Å². The van der Waals surface area contributed by atoms with Crippen molar-refractivity contribution in [3.63, 3.8) is 0 Å². The molecule has 1 amide bonds. The minimum Gasteiger partial charge on any atom is -0.493 e. The molecule has 0 aliphatic carbocycles. The van der Waals surface area contributed by atoms with Crippen molar-refractivity contribution in [2.75, 3.05) is 25.6 Å². The van der Waals surface area contributed by atoms with Crippen molar-refractivity contribution >= 4 is 62.8 Å². The van der Waals surface area contributed by atoms with Gasteiger partial charge in [0.15, 0.2) is 23.2 Å². The number of rotatable bonds is 11. The Balaban J connectivity index is 1.35. The van der Waals surface area contributed by atoms with Crippen molar-refractivity contribution in [3.8, 4) is 22.8 Å². The molecule has 11 heteroatoms. The Morgan fingerprint density at radius 1 is 1.10 bits per heavy atom. The second kappa shape index (κ2) is 13.9. The van der Waals surface area contributed by atoms with Gasteiger partial charge in [0, 0.05) is 22.2 Å². The second-order valence-electron chi connectivity index (χ2n) is 8.43. The Morgan fingerprint density at radius 2 is 1.85 bits per heavy atom. The number of esters is 1. The van der Waals surface area contributed by atoms with Crippen molar-refractivity contribution < 1.29 is 23.8 Å². The standard InChI is InChI=1S/C29H27IN4O5S/c1-4-38-26(35)16-39-27-23(30)13-19(14-25(27)37-3)15-31-34-28(36)21-9-7-20(8-10-21)24-17-40-29(33-24)32-22-11-5-18(2)6-12-22/h5-15,17H,4,16H2,1-3H3,(H,32,33)(H,34,36)/b31-15-. The van der Waals surface area contributed by atoms with Gasteiger partial charge in [0.25, 0.3) is 5.91 Å². The molecule has 4 aromatic rings. The topological polar surface area (TPSA) is 111 Å². The molecule has 4 rings (SSSR count). The molecule has 0 saturated carbocycles. The first-order chi connectivity index (χ1) is 19.4. The SMILES string of the molecule is CCOC(=O)COc1c(I)cc(/C=N\NC(=O)c2ccc(-c3csc(Nc4ccc(C)cc4)n3)cc2)cc1OC. The number of hydrogen-bond donors (Lipinski definition) is 2. The van der Waals surface area contributed by atoms with Crippen LogP contribution in [-0.2, 0) is 9.53 Å². The molecule has 1 aromatic heterocycles. The number of anilines is 2. The largest absolute Gasteiger partial charge is 0.493 e. The lowest BCUT2D eigenvalue weighted by Gasteiger charge is -2.13. The van der Waals surface area contributed by atoms with Crippen LogP contribution in [0.1, 0.15) is 28.4 Å². The third-order valence-corrected chi connectivity index (χ3v) is 7.08. The van der Waals surface area contributed by atoms with E-state index in [0.29, 0.717) is 26.2 Å². The predicted molar refractivity (Wildman–Crippen MR) is 165 cm³/mol. The third kappa shape index (κ3) is 7.79. The van der Waals surface area contributed by atoms with Crippen molar-refractivity contribution in [1.29, 1.82) is 0 Å². The van der Waals surface area contributed by atoms with Gasteiger partial charge in [-0.2, -0.15) is 5.10 Å². The maximum Gasteiger partial charge on any atom is 0.344 e. The molecular formula is C29H27IN4O5S. The lowest BCUT2D eigenvalue weighted by molar-refractivity contribution is -0.145. The van der Waals surface area contributed by atoms with E-state index in [9.17, 15) is 9.59 Å². The zero-order valence-corrected chi connectivity index (χ0v) is 25.0. The van der Waals surface area contributed by atoms with Gasteiger partial charge in [-0.1, -0.05) is 29.8 Å². The summed E-state index contributed by atoms with van der Waals surface area (Å²) in [6.45, 7) is 3.83. The number of thiazole rings is 1. The predicted octanol–water partition coefficient (Wildman–Crippen LogP) is 6.18. The number of aryl methyl sites for hydroxylation is 1. The number of halogens is 1. The number of methoxy groups -OCH3 is 1. The Kier molecular flexibility index (Phi) is 10.1. The summed E-state index contributed by atoms with van der Waals surface area (Å²) in [6.07, 6.45) is 1.50. The summed E-state index contributed by atoms with van der Waals surface area (Å²) >= 11 is 3.59. The summed E-state index contributed by atoms with van der Waals surface area (Å²) in [7, 11) is 1.50. The fraction of sp³-hybridized carbons (Fsp3) is 0.172. The van der Waals surface area contributed by atoms with Crippen LogP contribution in [0.3, 0.4) is 0 Å². The molecule has 2 N–H and O–H groups in total. The third-order valence-electron chi connectivity index (χ3n) is 5.52. The molecule has 0 radical (unpaired) electrons. The first-order valence-corrected chi connectivity index (χ1v) is 14.2. The minimum atomic E-state index is -0.465. The summed E-state index contributed by atoms with van der Waals surface area (Å²) in [6, 6.07) is 18.8. The van der Waals surface area contributed by atoms with Crippen LogP contribution in [0.2, 0.25) is 0 Å². The van der Waals surface area contributed by atoms with Crippen LogP contribution in [0, 0.1) is 10.5 Å². The number of benzene rings is 3. The molecule has 3 aromatic carbocycles. The fourth-order valence-corrected chi connectivity index (χ4v) is 5.06. The lowest BCUT2D eigenvalue weighted by Crippen LogP contribution is -2.17. The molecule has 0 aliphatic heterocycles. The van der Waals surface area contributed by atoms with Gasteiger partial charge < -0.3 is 19.5 Å². The first-order valence-electron chi connectivity index (χ1n) is 12.2. The van der Waals surface area contributed by atoms with E-state index in [-0.39, 0.29) is 19.1 Å². The molecule has 9 nitrogen and oxygen atoms in total. The smallest absolute Gasteiger partial charge is 0.344 e. The lowest BCUT2D eigenvalue weighted by atomic mass is 10.1. The van der Waals surface area contributed by atoms with Gasteiger partial charge in [0.05, 0.1) is 29.2 Å². The van der Waals surface area contributed by atoms with Crippen LogP contribution in [0.5, 0.6) is 11.5 Å². The monoisotopic (exact) mass is 670 g/mol. The van der Waals surface area contributed by atoms with Gasteiger partial charge in [0.2, 0.25) is 0 Å². The fourth-order valence-electron chi connectivity index (χ4n) is 3.53. The quantitative estimate of drug-likeness (QED) is 0.0849. The summed E-state index contributed by atoms with van der Waals surface area (Å²) in [5.41, 5.74) is 7.58. The van der Waals surface area contributed by atoms with E-state index in [1.54, 1.807) is 31.2 Å². The highest BCUT2D eigenvalue weighted by Gasteiger charge is 2.14. The second-order valence-corrected chi connectivity index (χ2v) is 10.5. The van der Waals surface area contributed by atoms with Crippen LogP contribution in [-0.4, -0.2) is 43.4 Å². The van der Waals surface area contributed by atoms with E-state index in [1.807, 2.05) is 48.7 Å². The Bertz CT molecular complexity index is 1500. The molecule has 0 fully saturated rings. The number of carbonyl (C=O) groups is 2. The van der Waals surface area contributed by atoms with Gasteiger partial charge in [-0.3, -0.25) is 4.79 Å². The maximum absolute atomic E-state index is 12.6. The van der Waals surface area contributed by atoms with Crippen molar-refractivity contribution in [2.24, 2.45) is 5.10 Å². The zero-order valence-electron chi connectivity index (χ0n) is 22.1. The number of nitrogens with zero attached hydrogens (tertiary/aromatic N) is 2. The van der Waals surface area contributed by atoms with E-state index < -0.39 is 5.97 Å². The van der Waals surface area contributed by atoms with Crippen LogP contribution in [0.15, 0.2) is 71.1 Å². The van der Waals surface area contributed by atoms with Gasteiger partial charge in [-0.25, -0.2) is 15.2 Å². The summed E-state index contributed by atoms with van der Waals surface area (Å²) in [5, 5.41) is 10.1. The summed E-state index contributed by atoms with van der Waals surface area (Å²) < 4.78 is 16.6. The molecule has 206 valence electrons. The van der Waals surface area contributed by atoms with Crippen molar-refractivity contribution in [3.05, 3.63) is 86.3 Å². The Hall–Kier alpha value is -3.97. The molecule has 1 heterocycles. The van der Waals surface area contributed by atoms with Gasteiger partial charge in [-0.05, 0) is 78.4 Å². The molecule has 0 atom stereocenters. The Labute approximate surface area is 249 Å². The normalized spacial score (nSPS) is 10.8. The van der Waals surface area contributed by atoms with E-state index in [4.69, 9.17) is 14.2 Å². The molecule has 0 bridgehead atoms. The van der Waals surface area contributed by atoms with E-state index in [1.165, 1.54) is 30.2 Å². The average Bonchev–Trinajstić information content (AvgIpc) is 3.42. The van der Waals surface area contributed by atoms with Crippen LogP contribution in [0.4, 0.5) is 10.8 Å². The van der Waals surface area contributed by atoms with Crippen molar-refractivity contribution in [1.82, 2.24) is 10.4 Å². The highest BCUT2D eigenvalue weighted by atomic mass is 127. The molecule has 0 unspecified atom stereocenters. The van der Waals surface area contributed by atoms with Crippen LogP contribution >= 0.6 is 33.9 Å². The molecular weight excluding hydrogens is 643 g/mol. The number of carbonyl (C=O) groups excluding carboxylic acids is 2. The molecule has 0 saturated heterocycles. The van der Waals surface area contributed by atoms with Crippen LogP contribution in [0.25, 0.3) is 11.3 Å². The highest BCUT2D eigenvalue weighted by molar-refractivity contribution is 14.1. The first kappa shape index (κ1) is 29.0. The average molecular weight is 671 g/mol. The molecule has 0 spiro atoms. The maximum atomic E-state index is 12.6. The summed E-state index contributed by atoms with van der Waals surface area (Å²) in [4.78, 5) is 28.9. The van der Waals surface area contributed by atoms with Gasteiger partial charge in [-0.15, -0.1) is 11.3 Å².